The second-order valence-corrected chi connectivity index (χ2v) is 6.63. The van der Waals surface area contributed by atoms with E-state index in [1.54, 1.807) is 11.8 Å². The van der Waals surface area contributed by atoms with Gasteiger partial charge < -0.3 is 10.3 Å². The monoisotopic (exact) mass is 336 g/mol. The molecule has 0 radical (unpaired) electrons. The highest BCUT2D eigenvalue weighted by Crippen LogP contribution is 2.38. The molecular weight excluding hydrogens is 323 g/mol. The third-order valence-electron chi connectivity index (χ3n) is 3.24. The van der Waals surface area contributed by atoms with Crippen LogP contribution in [-0.4, -0.2) is 12.0 Å². The lowest BCUT2D eigenvalue weighted by atomic mass is 10.2. The Morgan fingerprint density at radius 2 is 2.00 bits per heavy atom. The van der Waals surface area contributed by atoms with Gasteiger partial charge in [0.15, 0.2) is 0 Å². The number of aromatic amines is 1. The summed E-state index contributed by atoms with van der Waals surface area (Å²) in [6.45, 7) is 0.808. The van der Waals surface area contributed by atoms with Crippen LogP contribution in [0.3, 0.4) is 0 Å². The Kier molecular flexibility index (Phi) is 4.45. The summed E-state index contributed by atoms with van der Waals surface area (Å²) in [6, 6.07) is 11.9. The third kappa shape index (κ3) is 3.06. The quantitative estimate of drug-likeness (QED) is 0.672. The van der Waals surface area contributed by atoms with Gasteiger partial charge >= 0.3 is 0 Å². The van der Waals surface area contributed by atoms with Crippen molar-refractivity contribution in [2.75, 3.05) is 7.05 Å². The zero-order valence-corrected chi connectivity index (χ0v) is 13.7. The van der Waals surface area contributed by atoms with Gasteiger partial charge in [0.1, 0.15) is 0 Å². The second kappa shape index (κ2) is 6.32. The number of hydrogen-bond donors (Lipinski definition) is 2. The van der Waals surface area contributed by atoms with Gasteiger partial charge in [0.25, 0.3) is 0 Å². The van der Waals surface area contributed by atoms with Crippen molar-refractivity contribution < 1.29 is 0 Å². The molecule has 0 saturated heterocycles. The molecule has 0 aliphatic rings. The summed E-state index contributed by atoms with van der Waals surface area (Å²) in [5, 5.41) is 5.79. The van der Waals surface area contributed by atoms with Crippen molar-refractivity contribution in [2.24, 2.45) is 0 Å². The molecule has 3 aromatic rings. The molecule has 5 heteroatoms. The molecule has 0 aliphatic heterocycles. The molecule has 21 heavy (non-hydrogen) atoms. The van der Waals surface area contributed by atoms with Gasteiger partial charge in [-0.3, -0.25) is 0 Å². The first kappa shape index (κ1) is 14.8. The van der Waals surface area contributed by atoms with Crippen LogP contribution >= 0.6 is 35.0 Å². The Labute approximate surface area is 137 Å². The molecule has 0 amide bonds. The molecule has 1 aromatic heterocycles. The first-order chi connectivity index (χ1) is 10.2. The van der Waals surface area contributed by atoms with E-state index in [1.807, 2.05) is 37.5 Å². The minimum absolute atomic E-state index is 0.737. The standard InChI is InChI=1S/C16H14Cl2N2S/c1-19-8-10-5-6-11(17)7-14(10)21-15-9-20-16-12(15)3-2-4-13(16)18/h2-7,9,19-20H,8H2,1H3. The maximum atomic E-state index is 6.21. The van der Waals surface area contributed by atoms with E-state index >= 15 is 0 Å². The lowest BCUT2D eigenvalue weighted by Crippen LogP contribution is -2.05. The van der Waals surface area contributed by atoms with Crippen LogP contribution in [0.2, 0.25) is 10.0 Å². The lowest BCUT2D eigenvalue weighted by molar-refractivity contribution is 0.803. The summed E-state index contributed by atoms with van der Waals surface area (Å²) in [6.07, 6.45) is 1.99. The van der Waals surface area contributed by atoms with Crippen LogP contribution in [0, 0.1) is 0 Å². The highest BCUT2D eigenvalue weighted by molar-refractivity contribution is 7.99. The maximum absolute atomic E-state index is 6.21. The van der Waals surface area contributed by atoms with Gasteiger partial charge in [0, 0.05) is 32.9 Å². The SMILES string of the molecule is CNCc1ccc(Cl)cc1Sc1c[nH]c2c(Cl)cccc12. The van der Waals surface area contributed by atoms with Gasteiger partial charge in [-0.25, -0.2) is 0 Å². The molecule has 2 N–H and O–H groups in total. The van der Waals surface area contributed by atoms with Gasteiger partial charge in [0.2, 0.25) is 0 Å². The van der Waals surface area contributed by atoms with Crippen LogP contribution in [0.15, 0.2) is 52.4 Å². The van der Waals surface area contributed by atoms with Crippen molar-refractivity contribution in [3.63, 3.8) is 0 Å². The number of hydrogen-bond acceptors (Lipinski definition) is 2. The Morgan fingerprint density at radius 3 is 2.81 bits per heavy atom. The Morgan fingerprint density at radius 1 is 1.14 bits per heavy atom. The van der Waals surface area contributed by atoms with E-state index in [-0.39, 0.29) is 0 Å². The van der Waals surface area contributed by atoms with Crippen LogP contribution < -0.4 is 5.32 Å². The van der Waals surface area contributed by atoms with E-state index in [4.69, 9.17) is 23.2 Å². The number of nitrogens with one attached hydrogen (secondary N) is 2. The second-order valence-electron chi connectivity index (χ2n) is 4.70. The summed E-state index contributed by atoms with van der Waals surface area (Å²) >= 11 is 14.0. The van der Waals surface area contributed by atoms with Crippen molar-refractivity contribution in [1.82, 2.24) is 10.3 Å². The molecule has 3 rings (SSSR count). The highest BCUT2D eigenvalue weighted by atomic mass is 35.5. The molecule has 108 valence electrons. The number of aromatic nitrogens is 1. The molecule has 0 spiro atoms. The molecular formula is C16H14Cl2N2S. The summed E-state index contributed by atoms with van der Waals surface area (Å²) in [7, 11) is 1.94. The summed E-state index contributed by atoms with van der Waals surface area (Å²) in [4.78, 5) is 5.54. The Hall–Kier alpha value is -1.13. The lowest BCUT2D eigenvalue weighted by Gasteiger charge is -2.09. The van der Waals surface area contributed by atoms with E-state index in [9.17, 15) is 0 Å². The number of H-pyrrole nitrogens is 1. The predicted molar refractivity (Wildman–Crippen MR) is 91.6 cm³/mol. The minimum Gasteiger partial charge on any atom is -0.359 e. The van der Waals surface area contributed by atoms with Crippen LogP contribution in [-0.2, 0) is 6.54 Å². The fraction of sp³-hybridized carbons (Fsp3) is 0.125. The van der Waals surface area contributed by atoms with E-state index in [2.05, 4.69) is 22.4 Å². The average molecular weight is 337 g/mol. The third-order valence-corrected chi connectivity index (χ3v) is 4.95. The van der Waals surface area contributed by atoms with Crippen molar-refractivity contribution in [3.05, 3.63) is 58.2 Å². The highest BCUT2D eigenvalue weighted by Gasteiger charge is 2.10. The maximum Gasteiger partial charge on any atom is 0.0655 e. The van der Waals surface area contributed by atoms with Crippen LogP contribution in [0.25, 0.3) is 10.9 Å². The first-order valence-electron chi connectivity index (χ1n) is 6.55. The smallest absolute Gasteiger partial charge is 0.0655 e. The largest absolute Gasteiger partial charge is 0.359 e. The Balaban J connectivity index is 2.02. The molecule has 1 heterocycles. The summed E-state index contributed by atoms with van der Waals surface area (Å²) in [5.41, 5.74) is 2.20. The van der Waals surface area contributed by atoms with Gasteiger partial charge in [-0.2, -0.15) is 0 Å². The Bertz CT molecular complexity index is 783. The van der Waals surface area contributed by atoms with E-state index < -0.39 is 0 Å². The molecule has 0 fully saturated rings. The molecule has 0 unspecified atom stereocenters. The van der Waals surface area contributed by atoms with Crippen molar-refractivity contribution in [1.29, 1.82) is 0 Å². The van der Waals surface area contributed by atoms with Gasteiger partial charge in [-0.15, -0.1) is 0 Å². The normalized spacial score (nSPS) is 11.2. The van der Waals surface area contributed by atoms with Crippen LogP contribution in [0.1, 0.15) is 5.56 Å². The van der Waals surface area contributed by atoms with Gasteiger partial charge in [0.05, 0.1) is 10.5 Å². The number of fused-ring (bicyclic) bond motifs is 1. The van der Waals surface area contributed by atoms with Gasteiger partial charge in [-0.1, -0.05) is 53.2 Å². The molecule has 0 atom stereocenters. The van der Waals surface area contributed by atoms with Crippen molar-refractivity contribution >= 4 is 45.9 Å². The topological polar surface area (TPSA) is 27.8 Å². The fourth-order valence-corrected chi connectivity index (χ4v) is 3.81. The zero-order chi connectivity index (χ0) is 14.8. The molecule has 2 aromatic carbocycles. The predicted octanol–water partition coefficient (Wildman–Crippen LogP) is 5.35. The fourth-order valence-electron chi connectivity index (χ4n) is 2.25. The number of para-hydroxylation sites is 1. The molecule has 0 aliphatic carbocycles. The van der Waals surface area contributed by atoms with E-state index in [1.165, 1.54) is 5.56 Å². The van der Waals surface area contributed by atoms with E-state index in [0.29, 0.717) is 0 Å². The minimum atomic E-state index is 0.737. The average Bonchev–Trinajstić information content (AvgIpc) is 2.87. The number of halogens is 2. The summed E-state index contributed by atoms with van der Waals surface area (Å²) in [5.74, 6) is 0. The van der Waals surface area contributed by atoms with Crippen LogP contribution in [0.4, 0.5) is 0 Å². The number of rotatable bonds is 4. The zero-order valence-electron chi connectivity index (χ0n) is 11.4. The number of benzene rings is 2. The molecule has 2 nitrogen and oxygen atoms in total. The summed E-state index contributed by atoms with van der Waals surface area (Å²) < 4.78 is 0. The van der Waals surface area contributed by atoms with Gasteiger partial charge in [-0.05, 0) is 30.8 Å². The van der Waals surface area contributed by atoms with Crippen molar-refractivity contribution in [3.8, 4) is 0 Å². The van der Waals surface area contributed by atoms with Crippen molar-refractivity contribution in [2.45, 2.75) is 16.3 Å². The molecule has 0 saturated carbocycles. The first-order valence-corrected chi connectivity index (χ1v) is 8.13. The molecule has 0 bridgehead atoms. The van der Waals surface area contributed by atoms with E-state index in [0.717, 1.165) is 37.3 Å². The van der Waals surface area contributed by atoms with Crippen LogP contribution in [0.5, 0.6) is 0 Å².